The molecule has 2 aromatic carbocycles. The molecule has 0 bridgehead atoms. The summed E-state index contributed by atoms with van der Waals surface area (Å²) in [6.45, 7) is 0.950. The molecule has 1 amide bonds. The molecule has 1 N–H and O–H groups in total. The fourth-order valence-corrected chi connectivity index (χ4v) is 2.59. The van der Waals surface area contributed by atoms with Gasteiger partial charge in [0.05, 0.1) is 15.7 Å². The van der Waals surface area contributed by atoms with E-state index < -0.39 is 0 Å². The molecule has 0 aromatic heterocycles. The molecular weight excluding hydrogens is 337 g/mol. The molecule has 1 aliphatic heterocycles. The van der Waals surface area contributed by atoms with Crippen molar-refractivity contribution in [3.05, 3.63) is 58.1 Å². The molecule has 3 rings (SSSR count). The van der Waals surface area contributed by atoms with Crippen LogP contribution < -0.4 is 14.8 Å². The highest BCUT2D eigenvalue weighted by Crippen LogP contribution is 2.38. The highest BCUT2D eigenvalue weighted by Gasteiger charge is 2.15. The average molecular weight is 350 g/mol. The third-order valence-corrected chi connectivity index (χ3v) is 3.79. The molecule has 23 heavy (non-hydrogen) atoms. The number of fused-ring (bicyclic) bond motifs is 1. The lowest BCUT2D eigenvalue weighted by molar-refractivity contribution is -0.111. The number of benzene rings is 2. The summed E-state index contributed by atoms with van der Waals surface area (Å²) < 4.78 is 11.0. The number of amides is 1. The smallest absolute Gasteiger partial charge is 0.248 e. The van der Waals surface area contributed by atoms with E-state index in [1.54, 1.807) is 42.5 Å². The summed E-state index contributed by atoms with van der Waals surface area (Å²) in [5, 5.41) is 3.65. The van der Waals surface area contributed by atoms with Gasteiger partial charge in [0.2, 0.25) is 5.91 Å². The Balaban J connectivity index is 1.74. The van der Waals surface area contributed by atoms with E-state index in [2.05, 4.69) is 5.32 Å². The standard InChI is InChI=1S/C17H13Cl2NO3/c18-12-3-1-2-4-14(12)20-16(21)6-5-11-9-13(19)17-15(10-11)22-7-8-23-17/h1-6,9-10H,7-8H2,(H,20,21)/b6-5+. The van der Waals surface area contributed by atoms with Crippen molar-refractivity contribution < 1.29 is 14.3 Å². The lowest BCUT2D eigenvalue weighted by Crippen LogP contribution is -2.15. The van der Waals surface area contributed by atoms with Crippen LogP contribution in [0.3, 0.4) is 0 Å². The van der Waals surface area contributed by atoms with Gasteiger partial charge in [0.15, 0.2) is 11.5 Å². The summed E-state index contributed by atoms with van der Waals surface area (Å²) in [6, 6.07) is 10.5. The van der Waals surface area contributed by atoms with E-state index >= 15 is 0 Å². The Labute approximate surface area is 143 Å². The van der Waals surface area contributed by atoms with Gasteiger partial charge in [-0.05, 0) is 35.9 Å². The van der Waals surface area contributed by atoms with Crippen LogP contribution in [0, 0.1) is 0 Å². The van der Waals surface area contributed by atoms with Crippen LogP contribution in [0.5, 0.6) is 11.5 Å². The molecule has 0 fully saturated rings. The van der Waals surface area contributed by atoms with E-state index in [1.165, 1.54) is 6.08 Å². The van der Waals surface area contributed by atoms with Crippen LogP contribution >= 0.6 is 23.2 Å². The molecule has 0 spiro atoms. The summed E-state index contributed by atoms with van der Waals surface area (Å²) in [5.41, 5.74) is 1.30. The van der Waals surface area contributed by atoms with E-state index in [9.17, 15) is 4.79 Å². The van der Waals surface area contributed by atoms with Gasteiger partial charge in [-0.3, -0.25) is 4.79 Å². The van der Waals surface area contributed by atoms with Crippen molar-refractivity contribution in [2.75, 3.05) is 18.5 Å². The predicted octanol–water partition coefficient (Wildman–Crippen LogP) is 4.42. The number of rotatable bonds is 3. The fourth-order valence-electron chi connectivity index (χ4n) is 2.14. The van der Waals surface area contributed by atoms with Crippen molar-refractivity contribution in [1.82, 2.24) is 0 Å². The molecule has 0 atom stereocenters. The average Bonchev–Trinajstić information content (AvgIpc) is 2.55. The van der Waals surface area contributed by atoms with Crippen LogP contribution in [-0.2, 0) is 4.79 Å². The molecule has 1 aliphatic rings. The Hall–Kier alpha value is -2.17. The Bertz CT molecular complexity index is 774. The lowest BCUT2D eigenvalue weighted by Gasteiger charge is -2.19. The van der Waals surface area contributed by atoms with Gasteiger partial charge in [0.1, 0.15) is 13.2 Å². The van der Waals surface area contributed by atoms with Gasteiger partial charge in [-0.25, -0.2) is 0 Å². The second-order valence-electron chi connectivity index (χ2n) is 4.83. The van der Waals surface area contributed by atoms with Crippen molar-refractivity contribution >= 4 is 40.9 Å². The van der Waals surface area contributed by atoms with E-state index in [-0.39, 0.29) is 5.91 Å². The molecule has 0 unspecified atom stereocenters. The molecule has 0 saturated heterocycles. The summed E-state index contributed by atoms with van der Waals surface area (Å²) in [7, 11) is 0. The van der Waals surface area contributed by atoms with Crippen LogP contribution in [0.25, 0.3) is 6.08 Å². The number of nitrogens with one attached hydrogen (secondary N) is 1. The van der Waals surface area contributed by atoms with Gasteiger partial charge < -0.3 is 14.8 Å². The van der Waals surface area contributed by atoms with E-state index in [4.69, 9.17) is 32.7 Å². The highest BCUT2D eigenvalue weighted by molar-refractivity contribution is 6.34. The molecular formula is C17H13Cl2NO3. The number of hydrogen-bond donors (Lipinski definition) is 1. The SMILES string of the molecule is O=C(/C=C/c1cc(Cl)c2c(c1)OCCO2)Nc1ccccc1Cl. The van der Waals surface area contributed by atoms with Crippen LogP contribution in [0.15, 0.2) is 42.5 Å². The molecule has 0 aliphatic carbocycles. The number of carbonyl (C=O) groups is 1. The molecule has 0 radical (unpaired) electrons. The first-order valence-corrected chi connectivity index (χ1v) is 7.72. The quantitative estimate of drug-likeness (QED) is 0.834. The second-order valence-corrected chi connectivity index (χ2v) is 5.64. The molecule has 118 valence electrons. The predicted molar refractivity (Wildman–Crippen MR) is 91.6 cm³/mol. The van der Waals surface area contributed by atoms with Gasteiger partial charge >= 0.3 is 0 Å². The first kappa shape index (κ1) is 15.7. The van der Waals surface area contributed by atoms with Crippen LogP contribution in [-0.4, -0.2) is 19.1 Å². The minimum Gasteiger partial charge on any atom is -0.486 e. The summed E-state index contributed by atoms with van der Waals surface area (Å²) >= 11 is 12.2. The topological polar surface area (TPSA) is 47.6 Å². The van der Waals surface area contributed by atoms with Gasteiger partial charge in [0.25, 0.3) is 0 Å². The lowest BCUT2D eigenvalue weighted by atomic mass is 10.1. The van der Waals surface area contributed by atoms with Gasteiger partial charge in [-0.15, -0.1) is 0 Å². The monoisotopic (exact) mass is 349 g/mol. The minimum atomic E-state index is -0.288. The van der Waals surface area contributed by atoms with Crippen molar-refractivity contribution in [2.24, 2.45) is 0 Å². The van der Waals surface area contributed by atoms with Crippen molar-refractivity contribution in [3.8, 4) is 11.5 Å². The number of halogens is 2. The van der Waals surface area contributed by atoms with Crippen molar-refractivity contribution in [2.45, 2.75) is 0 Å². The maximum Gasteiger partial charge on any atom is 0.248 e. The van der Waals surface area contributed by atoms with E-state index in [0.29, 0.717) is 40.4 Å². The Morgan fingerprint density at radius 2 is 1.87 bits per heavy atom. The minimum absolute atomic E-state index is 0.288. The van der Waals surface area contributed by atoms with E-state index in [0.717, 1.165) is 5.56 Å². The first-order valence-electron chi connectivity index (χ1n) is 6.96. The van der Waals surface area contributed by atoms with Crippen molar-refractivity contribution in [3.63, 3.8) is 0 Å². The molecule has 0 saturated carbocycles. The van der Waals surface area contributed by atoms with E-state index in [1.807, 2.05) is 0 Å². The Morgan fingerprint density at radius 1 is 1.09 bits per heavy atom. The van der Waals surface area contributed by atoms with Crippen molar-refractivity contribution in [1.29, 1.82) is 0 Å². The maximum absolute atomic E-state index is 12.0. The number of hydrogen-bond acceptors (Lipinski definition) is 3. The zero-order valence-electron chi connectivity index (χ0n) is 12.0. The van der Waals surface area contributed by atoms with Gasteiger partial charge in [-0.2, -0.15) is 0 Å². The second kappa shape index (κ2) is 6.94. The number of anilines is 1. The summed E-state index contributed by atoms with van der Waals surface area (Å²) in [6.07, 6.45) is 3.06. The molecule has 2 aromatic rings. The highest BCUT2D eigenvalue weighted by atomic mass is 35.5. The molecule has 1 heterocycles. The zero-order valence-corrected chi connectivity index (χ0v) is 13.5. The number of ether oxygens (including phenoxy) is 2. The molecule has 4 nitrogen and oxygen atoms in total. The Kier molecular flexibility index (Phi) is 4.74. The number of carbonyl (C=O) groups excluding carboxylic acids is 1. The Morgan fingerprint density at radius 3 is 2.70 bits per heavy atom. The first-order chi connectivity index (χ1) is 11.1. The third kappa shape index (κ3) is 3.78. The number of para-hydroxylation sites is 1. The maximum atomic E-state index is 12.0. The van der Waals surface area contributed by atoms with Crippen LogP contribution in [0.4, 0.5) is 5.69 Å². The fraction of sp³-hybridized carbons (Fsp3) is 0.118. The third-order valence-electron chi connectivity index (χ3n) is 3.18. The largest absolute Gasteiger partial charge is 0.486 e. The van der Waals surface area contributed by atoms with Gasteiger partial charge in [-0.1, -0.05) is 35.3 Å². The normalized spacial score (nSPS) is 13.1. The summed E-state index contributed by atoms with van der Waals surface area (Å²) in [4.78, 5) is 12.0. The van der Waals surface area contributed by atoms with Crippen LogP contribution in [0.1, 0.15) is 5.56 Å². The molecule has 6 heteroatoms. The van der Waals surface area contributed by atoms with Gasteiger partial charge in [0, 0.05) is 6.08 Å². The van der Waals surface area contributed by atoms with Crippen LogP contribution in [0.2, 0.25) is 10.0 Å². The summed E-state index contributed by atoms with van der Waals surface area (Å²) in [5.74, 6) is 0.828. The zero-order chi connectivity index (χ0) is 16.2.